The minimum atomic E-state index is 0.504. The van der Waals surface area contributed by atoms with Gasteiger partial charge in [0.2, 0.25) is 0 Å². The quantitative estimate of drug-likeness (QED) is 0.604. The van der Waals surface area contributed by atoms with E-state index < -0.39 is 0 Å². The number of para-hydroxylation sites is 2. The van der Waals surface area contributed by atoms with Crippen molar-refractivity contribution < 1.29 is 4.42 Å². The zero-order chi connectivity index (χ0) is 10.3. The van der Waals surface area contributed by atoms with E-state index in [0.717, 1.165) is 16.7 Å². The van der Waals surface area contributed by atoms with Crippen LogP contribution in [0.5, 0.6) is 0 Å². The number of fused-ring (bicyclic) bond motifs is 1. The fourth-order valence-electron chi connectivity index (χ4n) is 1.48. The van der Waals surface area contributed by atoms with Crippen LogP contribution >= 0.6 is 0 Å². The predicted molar refractivity (Wildman–Crippen MR) is 55.9 cm³/mol. The Morgan fingerprint density at radius 2 is 2.13 bits per heavy atom. The number of hydrogen-bond donors (Lipinski definition) is 0. The van der Waals surface area contributed by atoms with E-state index in [1.807, 2.05) is 37.4 Å². The lowest BCUT2D eigenvalue weighted by Crippen LogP contribution is -1.93. The molecule has 3 aromatic rings. The minimum absolute atomic E-state index is 0.504. The van der Waals surface area contributed by atoms with Crippen molar-refractivity contribution in [2.45, 2.75) is 6.92 Å². The molecule has 0 unspecified atom stereocenters. The largest absolute Gasteiger partial charge is 0.422 e. The first-order valence-electron chi connectivity index (χ1n) is 4.70. The second-order valence-corrected chi connectivity index (χ2v) is 3.43. The Bertz CT molecular complexity index is 576. The lowest BCUT2D eigenvalue weighted by atomic mass is 10.3. The summed E-state index contributed by atoms with van der Waals surface area (Å²) in [6, 6.07) is 8.17. The van der Waals surface area contributed by atoms with Crippen LogP contribution in [0.25, 0.3) is 17.1 Å². The number of rotatable bonds is 1. The van der Waals surface area contributed by atoms with Crippen molar-refractivity contribution >= 4 is 11.1 Å². The van der Waals surface area contributed by atoms with Crippen LogP contribution in [-0.4, -0.2) is 14.8 Å². The van der Waals surface area contributed by atoms with Gasteiger partial charge in [-0.25, -0.2) is 0 Å². The number of nitrogens with zero attached hydrogens (tertiary/aromatic N) is 3. The van der Waals surface area contributed by atoms with Gasteiger partial charge in [-0.2, -0.15) is 14.8 Å². The maximum Gasteiger partial charge on any atom is 0.323 e. The molecule has 0 saturated carbocycles. The molecule has 2 heterocycles. The monoisotopic (exact) mass is 199 g/mol. The van der Waals surface area contributed by atoms with E-state index in [4.69, 9.17) is 4.42 Å². The van der Waals surface area contributed by atoms with E-state index in [0.29, 0.717) is 6.01 Å². The molecular weight excluding hydrogens is 190 g/mol. The number of oxazole rings is 1. The second kappa shape index (κ2) is 2.95. The highest BCUT2D eigenvalue weighted by molar-refractivity contribution is 5.73. The molecule has 0 aliphatic heterocycles. The van der Waals surface area contributed by atoms with Gasteiger partial charge in [0.15, 0.2) is 5.58 Å². The topological polar surface area (TPSA) is 43.9 Å². The maximum atomic E-state index is 5.56. The molecule has 0 amide bonds. The Labute approximate surface area is 86.2 Å². The van der Waals surface area contributed by atoms with Gasteiger partial charge in [-0.3, -0.25) is 0 Å². The van der Waals surface area contributed by atoms with Gasteiger partial charge >= 0.3 is 6.01 Å². The van der Waals surface area contributed by atoms with Gasteiger partial charge in [0, 0.05) is 6.20 Å². The Morgan fingerprint density at radius 3 is 2.87 bits per heavy atom. The molecule has 0 aliphatic carbocycles. The summed E-state index contributed by atoms with van der Waals surface area (Å²) in [7, 11) is 0. The smallest absolute Gasteiger partial charge is 0.323 e. The van der Waals surface area contributed by atoms with Gasteiger partial charge in [0.05, 0.1) is 6.20 Å². The summed E-state index contributed by atoms with van der Waals surface area (Å²) in [5.41, 5.74) is 2.71. The van der Waals surface area contributed by atoms with Crippen molar-refractivity contribution in [2.24, 2.45) is 0 Å². The number of aryl methyl sites for hydroxylation is 1. The van der Waals surface area contributed by atoms with Crippen molar-refractivity contribution in [1.29, 1.82) is 0 Å². The molecule has 4 heteroatoms. The van der Waals surface area contributed by atoms with Crippen molar-refractivity contribution in [3.05, 3.63) is 42.2 Å². The third-order valence-corrected chi connectivity index (χ3v) is 2.19. The summed E-state index contributed by atoms with van der Waals surface area (Å²) >= 11 is 0. The van der Waals surface area contributed by atoms with Crippen LogP contribution in [0, 0.1) is 6.92 Å². The summed E-state index contributed by atoms with van der Waals surface area (Å²) in [6.07, 6.45) is 3.65. The van der Waals surface area contributed by atoms with E-state index >= 15 is 0 Å². The molecule has 74 valence electrons. The minimum Gasteiger partial charge on any atom is -0.422 e. The first kappa shape index (κ1) is 8.23. The van der Waals surface area contributed by atoms with Crippen LogP contribution in [0.15, 0.2) is 41.1 Å². The van der Waals surface area contributed by atoms with Gasteiger partial charge in [-0.15, -0.1) is 0 Å². The van der Waals surface area contributed by atoms with Gasteiger partial charge < -0.3 is 4.42 Å². The molecule has 2 aromatic heterocycles. The molecule has 1 aromatic carbocycles. The maximum absolute atomic E-state index is 5.56. The molecule has 0 radical (unpaired) electrons. The first-order chi connectivity index (χ1) is 7.33. The predicted octanol–water partition coefficient (Wildman–Crippen LogP) is 2.32. The highest BCUT2D eigenvalue weighted by Gasteiger charge is 2.07. The molecule has 0 N–H and O–H groups in total. The molecular formula is C11H9N3O. The van der Waals surface area contributed by atoms with Gasteiger partial charge in [-0.1, -0.05) is 12.1 Å². The summed E-state index contributed by atoms with van der Waals surface area (Å²) in [4.78, 5) is 4.33. The average Bonchev–Trinajstić information content (AvgIpc) is 2.82. The Hall–Kier alpha value is -2.10. The molecule has 4 nitrogen and oxygen atoms in total. The Morgan fingerprint density at radius 1 is 1.27 bits per heavy atom. The highest BCUT2D eigenvalue weighted by Crippen LogP contribution is 2.17. The van der Waals surface area contributed by atoms with Gasteiger partial charge in [-0.05, 0) is 24.6 Å². The first-order valence-corrected chi connectivity index (χ1v) is 4.70. The van der Waals surface area contributed by atoms with Crippen LogP contribution in [0.1, 0.15) is 5.56 Å². The fraction of sp³-hybridized carbons (Fsp3) is 0.0909. The van der Waals surface area contributed by atoms with E-state index in [2.05, 4.69) is 10.1 Å². The SMILES string of the molecule is Cc1cnn(-c2nc3ccccc3o2)c1. The van der Waals surface area contributed by atoms with Crippen LogP contribution in [0.2, 0.25) is 0 Å². The van der Waals surface area contributed by atoms with Gasteiger partial charge in [0.1, 0.15) is 5.52 Å². The van der Waals surface area contributed by atoms with Crippen LogP contribution < -0.4 is 0 Å². The average molecular weight is 199 g/mol. The number of aromatic nitrogens is 3. The highest BCUT2D eigenvalue weighted by atomic mass is 16.4. The van der Waals surface area contributed by atoms with Crippen molar-refractivity contribution in [2.75, 3.05) is 0 Å². The van der Waals surface area contributed by atoms with E-state index in [1.165, 1.54) is 0 Å². The number of hydrogen-bond acceptors (Lipinski definition) is 3. The summed E-state index contributed by atoms with van der Waals surface area (Å²) < 4.78 is 7.19. The van der Waals surface area contributed by atoms with Crippen molar-refractivity contribution in [1.82, 2.24) is 14.8 Å². The summed E-state index contributed by atoms with van der Waals surface area (Å²) in [5, 5.41) is 4.14. The summed E-state index contributed by atoms with van der Waals surface area (Å²) in [6.45, 7) is 1.98. The van der Waals surface area contributed by atoms with Crippen LogP contribution in [-0.2, 0) is 0 Å². The van der Waals surface area contributed by atoms with Gasteiger partial charge in [0.25, 0.3) is 0 Å². The van der Waals surface area contributed by atoms with E-state index in [1.54, 1.807) is 10.9 Å². The zero-order valence-electron chi connectivity index (χ0n) is 8.21. The van der Waals surface area contributed by atoms with Crippen LogP contribution in [0.4, 0.5) is 0 Å². The van der Waals surface area contributed by atoms with Crippen LogP contribution in [0.3, 0.4) is 0 Å². The third kappa shape index (κ3) is 1.30. The molecule has 0 spiro atoms. The molecule has 0 aliphatic rings. The van der Waals surface area contributed by atoms with E-state index in [9.17, 15) is 0 Å². The normalized spacial score (nSPS) is 11.0. The number of benzene rings is 1. The second-order valence-electron chi connectivity index (χ2n) is 3.43. The molecule has 0 bridgehead atoms. The summed E-state index contributed by atoms with van der Waals surface area (Å²) in [5.74, 6) is 0. The third-order valence-electron chi connectivity index (χ3n) is 2.19. The standard InChI is InChI=1S/C11H9N3O/c1-8-6-12-14(7-8)11-13-9-4-2-3-5-10(9)15-11/h2-7H,1H3. The lowest BCUT2D eigenvalue weighted by Gasteiger charge is -1.89. The molecule has 15 heavy (non-hydrogen) atoms. The van der Waals surface area contributed by atoms with Crippen molar-refractivity contribution in [3.8, 4) is 6.01 Å². The zero-order valence-corrected chi connectivity index (χ0v) is 8.21. The molecule has 0 atom stereocenters. The van der Waals surface area contributed by atoms with E-state index in [-0.39, 0.29) is 0 Å². The Balaban J connectivity index is 2.19. The lowest BCUT2D eigenvalue weighted by molar-refractivity contribution is 0.543. The Kier molecular flexibility index (Phi) is 1.62. The molecule has 0 fully saturated rings. The molecule has 0 saturated heterocycles. The molecule has 3 rings (SSSR count). The fourth-order valence-corrected chi connectivity index (χ4v) is 1.48. The van der Waals surface area contributed by atoms with Crippen molar-refractivity contribution in [3.63, 3.8) is 0 Å².